The van der Waals surface area contributed by atoms with E-state index >= 15 is 0 Å². The maximum Gasteiger partial charge on any atom is 0.261 e. The lowest BCUT2D eigenvalue weighted by molar-refractivity contribution is -0.137. The predicted octanol–water partition coefficient (Wildman–Crippen LogP) is 0.658. The second-order valence-corrected chi connectivity index (χ2v) is 6.71. The Morgan fingerprint density at radius 2 is 2.10 bits per heavy atom. The highest BCUT2D eigenvalue weighted by atomic mass is 32.2. The van der Waals surface area contributed by atoms with Crippen molar-refractivity contribution < 1.29 is 18.0 Å². The fourth-order valence-electron chi connectivity index (χ4n) is 2.23. The van der Waals surface area contributed by atoms with E-state index in [2.05, 4.69) is 5.48 Å². The number of hydroxylamine groups is 1. The number of sulfonamides is 1. The summed E-state index contributed by atoms with van der Waals surface area (Å²) in [5.41, 5.74) is 3.26. The zero-order valence-corrected chi connectivity index (χ0v) is 12.1. The zero-order chi connectivity index (χ0) is 14.6. The van der Waals surface area contributed by atoms with E-state index in [9.17, 15) is 13.2 Å². The van der Waals surface area contributed by atoms with Gasteiger partial charge in [-0.1, -0.05) is 30.3 Å². The summed E-state index contributed by atoms with van der Waals surface area (Å²) in [5, 5.41) is 0. The van der Waals surface area contributed by atoms with Gasteiger partial charge >= 0.3 is 0 Å². The van der Waals surface area contributed by atoms with Crippen molar-refractivity contribution in [2.75, 3.05) is 12.8 Å². The third-order valence-electron chi connectivity index (χ3n) is 3.19. The Labute approximate surface area is 118 Å². The van der Waals surface area contributed by atoms with Gasteiger partial charge in [0.15, 0.2) is 0 Å². The highest BCUT2D eigenvalue weighted by molar-refractivity contribution is 7.88. The first-order valence-electron chi connectivity index (χ1n) is 6.41. The van der Waals surface area contributed by atoms with Crippen molar-refractivity contribution in [2.24, 2.45) is 0 Å². The second kappa shape index (κ2) is 6.34. The smallest absolute Gasteiger partial charge is 0.261 e. The summed E-state index contributed by atoms with van der Waals surface area (Å²) in [6.07, 6.45) is 2.32. The number of hydrogen-bond acceptors (Lipinski definition) is 4. The molecular weight excluding hydrogens is 280 g/mol. The monoisotopic (exact) mass is 298 g/mol. The highest BCUT2D eigenvalue weighted by Crippen LogP contribution is 2.20. The van der Waals surface area contributed by atoms with Crippen molar-refractivity contribution in [2.45, 2.75) is 25.5 Å². The Hall–Kier alpha value is -1.44. The fraction of sp³-hybridized carbons (Fsp3) is 0.462. The summed E-state index contributed by atoms with van der Waals surface area (Å²) in [6, 6.07) is 8.74. The molecule has 0 aliphatic carbocycles. The molecule has 0 spiro atoms. The molecule has 1 N–H and O–H groups in total. The van der Waals surface area contributed by atoms with Crippen molar-refractivity contribution >= 4 is 15.9 Å². The van der Waals surface area contributed by atoms with Gasteiger partial charge in [-0.2, -0.15) is 4.31 Å². The van der Waals surface area contributed by atoms with Crippen LogP contribution in [-0.2, 0) is 26.3 Å². The van der Waals surface area contributed by atoms with Crippen LogP contribution in [0.25, 0.3) is 0 Å². The largest absolute Gasteiger partial charge is 0.271 e. The standard InChI is InChI=1S/C13H18N2O4S/c1-20(17,18)15-9-5-8-12(15)13(16)14-19-10-11-6-3-2-4-7-11/h2-4,6-7,12H,5,8-10H2,1H3,(H,14,16). The van der Waals surface area contributed by atoms with Crippen LogP contribution in [0.2, 0.25) is 0 Å². The van der Waals surface area contributed by atoms with Crippen molar-refractivity contribution in [3.05, 3.63) is 35.9 Å². The van der Waals surface area contributed by atoms with Crippen LogP contribution in [-0.4, -0.2) is 37.5 Å². The van der Waals surface area contributed by atoms with E-state index < -0.39 is 22.0 Å². The van der Waals surface area contributed by atoms with Gasteiger partial charge in [0, 0.05) is 6.54 Å². The van der Waals surface area contributed by atoms with Gasteiger partial charge in [0.1, 0.15) is 6.04 Å². The molecule has 0 saturated carbocycles. The fourth-order valence-corrected chi connectivity index (χ4v) is 3.36. The minimum Gasteiger partial charge on any atom is -0.271 e. The molecule has 1 aromatic rings. The zero-order valence-electron chi connectivity index (χ0n) is 11.3. The number of hydrogen-bond donors (Lipinski definition) is 1. The molecule has 1 saturated heterocycles. The number of rotatable bonds is 5. The van der Waals surface area contributed by atoms with Crippen LogP contribution in [0.15, 0.2) is 30.3 Å². The first-order chi connectivity index (χ1) is 9.48. The third kappa shape index (κ3) is 3.78. The molecule has 1 atom stereocenters. The Bertz CT molecular complexity index is 559. The Balaban J connectivity index is 1.86. The number of nitrogens with zero attached hydrogens (tertiary/aromatic N) is 1. The SMILES string of the molecule is CS(=O)(=O)N1CCCC1C(=O)NOCc1ccccc1. The molecular formula is C13H18N2O4S. The van der Waals surface area contributed by atoms with Crippen LogP contribution < -0.4 is 5.48 Å². The number of benzene rings is 1. The number of amides is 1. The molecule has 1 heterocycles. The number of nitrogens with one attached hydrogen (secondary N) is 1. The molecule has 1 aliphatic heterocycles. The van der Waals surface area contributed by atoms with Crippen molar-refractivity contribution in [1.82, 2.24) is 9.79 Å². The lowest BCUT2D eigenvalue weighted by Gasteiger charge is -2.20. The minimum absolute atomic E-state index is 0.248. The Morgan fingerprint density at radius 1 is 1.40 bits per heavy atom. The average molecular weight is 298 g/mol. The van der Waals surface area contributed by atoms with E-state index in [0.29, 0.717) is 19.4 Å². The summed E-state index contributed by atoms with van der Waals surface area (Å²) in [7, 11) is -3.36. The second-order valence-electron chi connectivity index (χ2n) is 4.77. The van der Waals surface area contributed by atoms with Crippen molar-refractivity contribution in [3.63, 3.8) is 0 Å². The van der Waals surface area contributed by atoms with Crippen molar-refractivity contribution in [1.29, 1.82) is 0 Å². The molecule has 20 heavy (non-hydrogen) atoms. The summed E-state index contributed by atoms with van der Waals surface area (Å²) < 4.78 is 24.3. The van der Waals surface area contributed by atoms with Crippen LogP contribution in [0.1, 0.15) is 18.4 Å². The maximum atomic E-state index is 12.0. The molecule has 1 fully saturated rings. The lowest BCUT2D eigenvalue weighted by Crippen LogP contribution is -2.45. The van der Waals surface area contributed by atoms with E-state index in [1.807, 2.05) is 30.3 Å². The van der Waals surface area contributed by atoms with Gasteiger partial charge in [-0.05, 0) is 18.4 Å². The van der Waals surface area contributed by atoms with Gasteiger partial charge in [-0.25, -0.2) is 13.9 Å². The normalized spacial score (nSPS) is 19.9. The van der Waals surface area contributed by atoms with Gasteiger partial charge < -0.3 is 0 Å². The summed E-state index contributed by atoms with van der Waals surface area (Å²) in [4.78, 5) is 17.1. The van der Waals surface area contributed by atoms with Crippen molar-refractivity contribution in [3.8, 4) is 0 Å². The predicted molar refractivity (Wildman–Crippen MR) is 73.9 cm³/mol. The molecule has 7 heteroatoms. The average Bonchev–Trinajstić information content (AvgIpc) is 2.89. The van der Waals surface area contributed by atoms with Gasteiger partial charge in [0.25, 0.3) is 5.91 Å². The summed E-state index contributed by atoms with van der Waals surface area (Å²) in [5.74, 6) is -0.413. The lowest BCUT2D eigenvalue weighted by atomic mass is 10.2. The molecule has 0 aromatic heterocycles. The molecule has 1 aliphatic rings. The van der Waals surface area contributed by atoms with E-state index in [-0.39, 0.29) is 6.61 Å². The molecule has 0 radical (unpaired) electrons. The molecule has 2 rings (SSSR count). The first-order valence-corrected chi connectivity index (χ1v) is 8.25. The van der Waals surface area contributed by atoms with E-state index in [0.717, 1.165) is 11.8 Å². The molecule has 110 valence electrons. The Morgan fingerprint density at radius 3 is 2.75 bits per heavy atom. The van der Waals surface area contributed by atoms with Crippen LogP contribution in [0, 0.1) is 0 Å². The Kier molecular flexibility index (Phi) is 4.74. The minimum atomic E-state index is -3.36. The van der Waals surface area contributed by atoms with Gasteiger partial charge in [-0.15, -0.1) is 0 Å². The van der Waals surface area contributed by atoms with E-state index in [4.69, 9.17) is 4.84 Å². The van der Waals surface area contributed by atoms with Gasteiger partial charge in [0.05, 0.1) is 12.9 Å². The molecule has 6 nitrogen and oxygen atoms in total. The quantitative estimate of drug-likeness (QED) is 0.810. The molecule has 1 amide bonds. The summed E-state index contributed by atoms with van der Waals surface area (Å²) >= 11 is 0. The van der Waals surface area contributed by atoms with Crippen LogP contribution in [0.5, 0.6) is 0 Å². The van der Waals surface area contributed by atoms with Crippen LogP contribution in [0.3, 0.4) is 0 Å². The molecule has 0 bridgehead atoms. The van der Waals surface area contributed by atoms with Gasteiger partial charge in [-0.3, -0.25) is 9.63 Å². The molecule has 1 aromatic carbocycles. The van der Waals surface area contributed by atoms with Crippen LogP contribution >= 0.6 is 0 Å². The van der Waals surface area contributed by atoms with E-state index in [1.54, 1.807) is 0 Å². The van der Waals surface area contributed by atoms with Gasteiger partial charge in [0.2, 0.25) is 10.0 Å². The topological polar surface area (TPSA) is 75.7 Å². The third-order valence-corrected chi connectivity index (χ3v) is 4.48. The van der Waals surface area contributed by atoms with Crippen LogP contribution in [0.4, 0.5) is 0 Å². The highest BCUT2D eigenvalue weighted by Gasteiger charge is 2.36. The summed E-state index contributed by atoms with van der Waals surface area (Å²) in [6.45, 7) is 0.633. The van der Waals surface area contributed by atoms with E-state index in [1.165, 1.54) is 4.31 Å². The molecule has 1 unspecified atom stereocenters. The first kappa shape index (κ1) is 15.0. The number of carbonyl (C=O) groups is 1. The maximum absolute atomic E-state index is 12.0. The number of carbonyl (C=O) groups excluding carboxylic acids is 1.